The molecule has 1 fully saturated rings. The van der Waals surface area contributed by atoms with Crippen LogP contribution >= 0.6 is 0 Å². The monoisotopic (exact) mass is 255 g/mol. The van der Waals surface area contributed by atoms with E-state index in [1.807, 2.05) is 16.9 Å². The Hall–Kier alpha value is -1.77. The molecule has 1 aliphatic rings. The Kier molecular flexibility index (Phi) is 3.05. The standard InChI is InChI=1S/C16H21N3/c1-16(2)9-8-14(12-16)18-13-4-6-15(7-5-13)19-11-3-10-17-19/h3-7,10-11,14,18H,8-9,12H2,1-2H3. The van der Waals surface area contributed by atoms with Gasteiger partial charge in [0.25, 0.3) is 0 Å². The number of nitrogens with one attached hydrogen (secondary N) is 1. The highest BCUT2D eigenvalue weighted by Crippen LogP contribution is 2.38. The van der Waals surface area contributed by atoms with Crippen LogP contribution in [0, 0.1) is 5.41 Å². The van der Waals surface area contributed by atoms with E-state index in [0.717, 1.165) is 5.69 Å². The van der Waals surface area contributed by atoms with Crippen LogP contribution in [0.15, 0.2) is 42.7 Å². The molecular weight excluding hydrogens is 234 g/mol. The van der Waals surface area contributed by atoms with Gasteiger partial charge in [-0.2, -0.15) is 5.10 Å². The Morgan fingerprint density at radius 2 is 2.05 bits per heavy atom. The molecule has 0 aliphatic heterocycles. The molecule has 100 valence electrons. The zero-order chi connectivity index (χ0) is 13.3. The molecule has 19 heavy (non-hydrogen) atoms. The number of nitrogens with zero attached hydrogens (tertiary/aromatic N) is 2. The summed E-state index contributed by atoms with van der Waals surface area (Å²) >= 11 is 0. The number of hydrogen-bond donors (Lipinski definition) is 1. The maximum absolute atomic E-state index is 4.23. The van der Waals surface area contributed by atoms with Gasteiger partial charge in [-0.25, -0.2) is 4.68 Å². The second-order valence-electron chi connectivity index (χ2n) is 6.25. The molecule has 3 heteroatoms. The first-order valence-electron chi connectivity index (χ1n) is 6.99. The van der Waals surface area contributed by atoms with Gasteiger partial charge < -0.3 is 5.32 Å². The molecule has 1 heterocycles. The molecule has 1 N–H and O–H groups in total. The predicted molar refractivity (Wildman–Crippen MR) is 78.6 cm³/mol. The first-order valence-corrected chi connectivity index (χ1v) is 6.99. The molecular formula is C16H21N3. The predicted octanol–water partition coefficient (Wildman–Crippen LogP) is 3.86. The van der Waals surface area contributed by atoms with Gasteiger partial charge in [0.1, 0.15) is 0 Å². The molecule has 0 saturated heterocycles. The van der Waals surface area contributed by atoms with Crippen molar-refractivity contribution in [2.24, 2.45) is 5.41 Å². The second kappa shape index (κ2) is 4.72. The third kappa shape index (κ3) is 2.80. The summed E-state index contributed by atoms with van der Waals surface area (Å²) in [5.74, 6) is 0. The summed E-state index contributed by atoms with van der Waals surface area (Å²) in [6.07, 6.45) is 7.60. The molecule has 1 aromatic carbocycles. The van der Waals surface area contributed by atoms with Crippen LogP contribution in [0.5, 0.6) is 0 Å². The lowest BCUT2D eigenvalue weighted by Crippen LogP contribution is -2.17. The van der Waals surface area contributed by atoms with Crippen LogP contribution < -0.4 is 5.32 Å². The number of aromatic nitrogens is 2. The summed E-state index contributed by atoms with van der Waals surface area (Å²) in [6, 6.07) is 11.0. The van der Waals surface area contributed by atoms with Crippen molar-refractivity contribution in [3.8, 4) is 5.69 Å². The highest BCUT2D eigenvalue weighted by atomic mass is 15.3. The van der Waals surface area contributed by atoms with Crippen molar-refractivity contribution in [2.75, 3.05) is 5.32 Å². The summed E-state index contributed by atoms with van der Waals surface area (Å²) < 4.78 is 1.88. The molecule has 0 amide bonds. The van der Waals surface area contributed by atoms with Crippen LogP contribution in [0.25, 0.3) is 5.69 Å². The maximum Gasteiger partial charge on any atom is 0.0647 e. The van der Waals surface area contributed by atoms with Gasteiger partial charge in [0.15, 0.2) is 0 Å². The van der Waals surface area contributed by atoms with E-state index in [1.165, 1.54) is 24.9 Å². The van der Waals surface area contributed by atoms with E-state index in [2.05, 4.69) is 48.5 Å². The number of rotatable bonds is 3. The average molecular weight is 255 g/mol. The molecule has 3 nitrogen and oxygen atoms in total. The molecule has 1 saturated carbocycles. The van der Waals surface area contributed by atoms with Crippen LogP contribution in [-0.2, 0) is 0 Å². The molecule has 1 atom stereocenters. The minimum Gasteiger partial charge on any atom is -0.382 e. The van der Waals surface area contributed by atoms with Crippen molar-refractivity contribution in [3.05, 3.63) is 42.7 Å². The Bertz CT molecular complexity index is 526. The lowest BCUT2D eigenvalue weighted by Gasteiger charge is -2.18. The number of hydrogen-bond acceptors (Lipinski definition) is 2. The smallest absolute Gasteiger partial charge is 0.0647 e. The van der Waals surface area contributed by atoms with Crippen molar-refractivity contribution in [1.82, 2.24) is 9.78 Å². The van der Waals surface area contributed by atoms with Crippen molar-refractivity contribution in [2.45, 2.75) is 39.2 Å². The van der Waals surface area contributed by atoms with Crippen molar-refractivity contribution in [3.63, 3.8) is 0 Å². The summed E-state index contributed by atoms with van der Waals surface area (Å²) in [6.45, 7) is 4.71. The maximum atomic E-state index is 4.23. The summed E-state index contributed by atoms with van der Waals surface area (Å²) in [4.78, 5) is 0. The minimum absolute atomic E-state index is 0.493. The molecule has 3 rings (SSSR count). The quantitative estimate of drug-likeness (QED) is 0.902. The fourth-order valence-electron chi connectivity index (χ4n) is 2.93. The minimum atomic E-state index is 0.493. The van der Waals surface area contributed by atoms with E-state index in [-0.39, 0.29) is 0 Å². The molecule has 0 radical (unpaired) electrons. The Morgan fingerprint density at radius 3 is 2.63 bits per heavy atom. The van der Waals surface area contributed by atoms with Crippen LogP contribution in [0.2, 0.25) is 0 Å². The van der Waals surface area contributed by atoms with Gasteiger partial charge in [-0.15, -0.1) is 0 Å². The zero-order valence-electron chi connectivity index (χ0n) is 11.6. The molecule has 2 aromatic rings. The Labute approximate surface area is 114 Å². The van der Waals surface area contributed by atoms with Gasteiger partial charge in [-0.05, 0) is 55.0 Å². The van der Waals surface area contributed by atoms with Gasteiger partial charge in [-0.3, -0.25) is 0 Å². The van der Waals surface area contributed by atoms with Gasteiger partial charge in [0, 0.05) is 24.1 Å². The van der Waals surface area contributed by atoms with E-state index < -0.39 is 0 Å². The molecule has 1 aliphatic carbocycles. The van der Waals surface area contributed by atoms with E-state index in [9.17, 15) is 0 Å². The summed E-state index contributed by atoms with van der Waals surface area (Å²) in [5, 5.41) is 7.87. The Balaban J connectivity index is 1.67. The molecule has 0 spiro atoms. The summed E-state index contributed by atoms with van der Waals surface area (Å²) in [7, 11) is 0. The normalized spacial score (nSPS) is 21.5. The third-order valence-corrected chi connectivity index (χ3v) is 3.98. The van der Waals surface area contributed by atoms with Crippen LogP contribution in [0.3, 0.4) is 0 Å². The number of benzene rings is 1. The summed E-state index contributed by atoms with van der Waals surface area (Å²) in [5.41, 5.74) is 2.80. The van der Waals surface area contributed by atoms with Crippen LogP contribution in [0.1, 0.15) is 33.1 Å². The van der Waals surface area contributed by atoms with Crippen LogP contribution in [-0.4, -0.2) is 15.8 Å². The van der Waals surface area contributed by atoms with Gasteiger partial charge in [-0.1, -0.05) is 13.8 Å². The second-order valence-corrected chi connectivity index (χ2v) is 6.25. The SMILES string of the molecule is CC1(C)CCC(Nc2ccc(-n3cccn3)cc2)C1. The topological polar surface area (TPSA) is 29.9 Å². The lowest BCUT2D eigenvalue weighted by atomic mass is 9.92. The number of anilines is 1. The largest absolute Gasteiger partial charge is 0.382 e. The first-order chi connectivity index (χ1) is 9.12. The Morgan fingerprint density at radius 1 is 1.26 bits per heavy atom. The molecule has 0 bridgehead atoms. The first kappa shape index (κ1) is 12.3. The lowest BCUT2D eigenvalue weighted by molar-refractivity contribution is 0.378. The van der Waals surface area contributed by atoms with E-state index in [0.29, 0.717) is 11.5 Å². The van der Waals surface area contributed by atoms with Crippen molar-refractivity contribution < 1.29 is 0 Å². The van der Waals surface area contributed by atoms with E-state index in [1.54, 1.807) is 6.20 Å². The van der Waals surface area contributed by atoms with E-state index in [4.69, 9.17) is 0 Å². The highest BCUT2D eigenvalue weighted by molar-refractivity contribution is 5.49. The van der Waals surface area contributed by atoms with Gasteiger partial charge in [0.2, 0.25) is 0 Å². The molecule has 1 aromatic heterocycles. The van der Waals surface area contributed by atoms with Gasteiger partial charge >= 0.3 is 0 Å². The van der Waals surface area contributed by atoms with E-state index >= 15 is 0 Å². The van der Waals surface area contributed by atoms with Gasteiger partial charge in [0.05, 0.1) is 5.69 Å². The van der Waals surface area contributed by atoms with Crippen molar-refractivity contribution >= 4 is 5.69 Å². The fraction of sp³-hybridized carbons (Fsp3) is 0.438. The average Bonchev–Trinajstić information content (AvgIpc) is 3.00. The highest BCUT2D eigenvalue weighted by Gasteiger charge is 2.30. The van der Waals surface area contributed by atoms with Crippen LogP contribution in [0.4, 0.5) is 5.69 Å². The molecule has 1 unspecified atom stereocenters. The van der Waals surface area contributed by atoms with Crippen molar-refractivity contribution in [1.29, 1.82) is 0 Å². The zero-order valence-corrected chi connectivity index (χ0v) is 11.6. The fourth-order valence-corrected chi connectivity index (χ4v) is 2.93. The third-order valence-electron chi connectivity index (χ3n) is 3.98.